The third-order valence-corrected chi connectivity index (χ3v) is 3.95. The van der Waals surface area contributed by atoms with Gasteiger partial charge in [-0.2, -0.15) is 0 Å². The summed E-state index contributed by atoms with van der Waals surface area (Å²) >= 11 is 0. The number of nitrogens with one attached hydrogen (secondary N) is 1. The van der Waals surface area contributed by atoms with Crippen molar-refractivity contribution in [3.05, 3.63) is 0 Å². The van der Waals surface area contributed by atoms with Crippen molar-refractivity contribution < 1.29 is 18.4 Å². The van der Waals surface area contributed by atoms with Gasteiger partial charge in [0, 0.05) is 6.54 Å². The molecule has 108 valence electrons. The molecule has 0 unspecified atom stereocenters. The summed E-state index contributed by atoms with van der Waals surface area (Å²) < 4.78 is 23.0. The van der Waals surface area contributed by atoms with E-state index in [4.69, 9.17) is 9.05 Å². The molecule has 0 radical (unpaired) electrons. The first-order chi connectivity index (χ1) is 8.14. The van der Waals surface area contributed by atoms with Gasteiger partial charge in [-0.1, -0.05) is 13.8 Å². The minimum Gasteiger partial charge on any atom is -0.355 e. The molecule has 0 fully saturated rings. The number of rotatable bonds is 8. The molecule has 0 aromatic rings. The van der Waals surface area contributed by atoms with Crippen LogP contribution in [0.2, 0.25) is 0 Å². The van der Waals surface area contributed by atoms with Crippen molar-refractivity contribution in [1.29, 1.82) is 0 Å². The van der Waals surface area contributed by atoms with Crippen LogP contribution in [0.4, 0.5) is 0 Å². The van der Waals surface area contributed by atoms with E-state index in [0.29, 0.717) is 12.5 Å². The second kappa shape index (κ2) is 7.93. The summed E-state index contributed by atoms with van der Waals surface area (Å²) in [6, 6.07) is 0. The molecule has 0 saturated heterocycles. The molecule has 1 N–H and O–H groups in total. The minimum atomic E-state index is -3.36. The molecule has 0 bridgehead atoms. The first-order valence-electron chi connectivity index (χ1n) is 6.37. The van der Waals surface area contributed by atoms with Gasteiger partial charge in [0.2, 0.25) is 5.91 Å². The van der Waals surface area contributed by atoms with Crippen LogP contribution in [-0.4, -0.2) is 30.8 Å². The summed E-state index contributed by atoms with van der Waals surface area (Å²) in [5, 5.41) is 2.71. The molecular weight excluding hydrogens is 253 g/mol. The number of carbonyl (C=O) groups is 1. The quantitative estimate of drug-likeness (QED) is 0.694. The fourth-order valence-corrected chi connectivity index (χ4v) is 3.24. The van der Waals surface area contributed by atoms with Gasteiger partial charge in [0.25, 0.3) is 0 Å². The Morgan fingerprint density at radius 2 is 1.50 bits per heavy atom. The highest BCUT2D eigenvalue weighted by molar-refractivity contribution is 7.54. The van der Waals surface area contributed by atoms with Crippen molar-refractivity contribution in [2.75, 3.05) is 12.7 Å². The van der Waals surface area contributed by atoms with Crippen molar-refractivity contribution >= 4 is 13.5 Å². The molecule has 18 heavy (non-hydrogen) atoms. The zero-order valence-electron chi connectivity index (χ0n) is 12.2. The van der Waals surface area contributed by atoms with Crippen LogP contribution in [0.3, 0.4) is 0 Å². The van der Waals surface area contributed by atoms with Crippen molar-refractivity contribution in [1.82, 2.24) is 5.32 Å². The molecule has 0 rings (SSSR count). The summed E-state index contributed by atoms with van der Waals surface area (Å²) in [7, 11) is -3.36. The topological polar surface area (TPSA) is 64.6 Å². The average Bonchev–Trinajstić information content (AvgIpc) is 2.10. The fraction of sp³-hybridized carbons (Fsp3) is 0.917. The zero-order chi connectivity index (χ0) is 14.3. The predicted molar refractivity (Wildman–Crippen MR) is 72.8 cm³/mol. The minimum absolute atomic E-state index is 0.226. The highest BCUT2D eigenvalue weighted by Crippen LogP contribution is 2.50. The van der Waals surface area contributed by atoms with E-state index < -0.39 is 7.60 Å². The van der Waals surface area contributed by atoms with E-state index in [1.165, 1.54) is 0 Å². The van der Waals surface area contributed by atoms with Gasteiger partial charge in [-0.25, -0.2) is 0 Å². The highest BCUT2D eigenvalue weighted by atomic mass is 31.2. The summed E-state index contributed by atoms with van der Waals surface area (Å²) in [5.41, 5.74) is 0. The Kier molecular flexibility index (Phi) is 7.76. The Morgan fingerprint density at radius 1 is 1.06 bits per heavy atom. The molecular formula is C12H26NO4P. The first kappa shape index (κ1) is 17.6. The molecule has 5 nitrogen and oxygen atoms in total. The zero-order valence-corrected chi connectivity index (χ0v) is 13.1. The van der Waals surface area contributed by atoms with Gasteiger partial charge in [-0.3, -0.25) is 9.36 Å². The average molecular weight is 279 g/mol. The third-order valence-electron chi connectivity index (χ3n) is 1.79. The van der Waals surface area contributed by atoms with E-state index in [1.807, 2.05) is 13.8 Å². The van der Waals surface area contributed by atoms with Gasteiger partial charge in [0.15, 0.2) is 0 Å². The van der Waals surface area contributed by atoms with Gasteiger partial charge in [0.1, 0.15) is 6.16 Å². The van der Waals surface area contributed by atoms with Crippen LogP contribution in [0.1, 0.15) is 41.5 Å². The van der Waals surface area contributed by atoms with Crippen molar-refractivity contribution in [3.63, 3.8) is 0 Å². The SMILES string of the molecule is CC(C)CNC(=O)CP(=O)(OC(C)C)OC(C)C. The maximum atomic E-state index is 12.4. The largest absolute Gasteiger partial charge is 0.355 e. The van der Waals surface area contributed by atoms with E-state index >= 15 is 0 Å². The molecule has 0 aliphatic rings. The van der Waals surface area contributed by atoms with E-state index in [1.54, 1.807) is 27.7 Å². The van der Waals surface area contributed by atoms with E-state index in [2.05, 4.69) is 5.32 Å². The van der Waals surface area contributed by atoms with Crippen molar-refractivity contribution in [3.8, 4) is 0 Å². The van der Waals surface area contributed by atoms with E-state index in [-0.39, 0.29) is 24.3 Å². The Labute approximate surface area is 110 Å². The Morgan fingerprint density at radius 3 is 1.83 bits per heavy atom. The number of hydrogen-bond donors (Lipinski definition) is 1. The Hall–Kier alpha value is -0.380. The fourth-order valence-electron chi connectivity index (χ4n) is 1.29. The van der Waals surface area contributed by atoms with Gasteiger partial charge < -0.3 is 14.4 Å². The molecule has 0 spiro atoms. The lowest BCUT2D eigenvalue weighted by molar-refractivity contribution is -0.119. The van der Waals surface area contributed by atoms with Crippen LogP contribution >= 0.6 is 7.60 Å². The van der Waals surface area contributed by atoms with Gasteiger partial charge in [0.05, 0.1) is 12.2 Å². The summed E-state index contributed by atoms with van der Waals surface area (Å²) in [6.45, 7) is 11.6. The van der Waals surface area contributed by atoms with Crippen LogP contribution in [0.15, 0.2) is 0 Å². The predicted octanol–water partition coefficient (Wildman–Crippen LogP) is 2.80. The molecule has 0 aliphatic carbocycles. The van der Waals surface area contributed by atoms with E-state index in [0.717, 1.165) is 0 Å². The highest BCUT2D eigenvalue weighted by Gasteiger charge is 2.30. The van der Waals surface area contributed by atoms with Crippen molar-refractivity contribution in [2.24, 2.45) is 5.92 Å². The summed E-state index contributed by atoms with van der Waals surface area (Å²) in [4.78, 5) is 11.7. The molecule has 0 atom stereocenters. The lowest BCUT2D eigenvalue weighted by Crippen LogP contribution is -2.31. The molecule has 0 heterocycles. The smallest absolute Gasteiger partial charge is 0.340 e. The molecule has 0 saturated carbocycles. The number of hydrogen-bond acceptors (Lipinski definition) is 4. The lowest BCUT2D eigenvalue weighted by atomic mass is 10.2. The normalized spacial score (nSPS) is 12.5. The van der Waals surface area contributed by atoms with Crippen LogP contribution < -0.4 is 5.32 Å². The summed E-state index contributed by atoms with van der Waals surface area (Å²) in [6.07, 6.45) is -0.712. The maximum Gasteiger partial charge on any atom is 0.340 e. The lowest BCUT2D eigenvalue weighted by Gasteiger charge is -2.22. The molecule has 6 heteroatoms. The molecule has 0 aromatic carbocycles. The Bertz CT molecular complexity index is 288. The van der Waals surface area contributed by atoms with Gasteiger partial charge in [-0.15, -0.1) is 0 Å². The summed E-state index contributed by atoms with van der Waals surface area (Å²) in [5.74, 6) is 0.0544. The number of carbonyl (C=O) groups excluding carboxylic acids is 1. The first-order valence-corrected chi connectivity index (χ1v) is 8.10. The molecule has 0 aliphatic heterocycles. The van der Waals surface area contributed by atoms with Gasteiger partial charge >= 0.3 is 7.60 Å². The molecule has 1 amide bonds. The second-order valence-electron chi connectivity index (χ2n) is 5.28. The van der Waals surface area contributed by atoms with Crippen LogP contribution in [-0.2, 0) is 18.4 Å². The van der Waals surface area contributed by atoms with Crippen LogP contribution in [0, 0.1) is 5.92 Å². The second-order valence-corrected chi connectivity index (χ2v) is 7.23. The molecule has 0 aromatic heterocycles. The maximum absolute atomic E-state index is 12.4. The number of amides is 1. The Balaban J connectivity index is 4.49. The standard InChI is InChI=1S/C12H26NO4P/c1-9(2)7-13-12(14)8-18(15,16-10(3)4)17-11(5)6/h9-11H,7-8H2,1-6H3,(H,13,14). The van der Waals surface area contributed by atoms with E-state index in [9.17, 15) is 9.36 Å². The van der Waals surface area contributed by atoms with Gasteiger partial charge in [-0.05, 0) is 33.6 Å². The van der Waals surface area contributed by atoms with Crippen LogP contribution in [0.5, 0.6) is 0 Å². The third kappa shape index (κ3) is 8.67. The monoisotopic (exact) mass is 279 g/mol. The van der Waals surface area contributed by atoms with Crippen LogP contribution in [0.25, 0.3) is 0 Å². The van der Waals surface area contributed by atoms with Crippen molar-refractivity contribution in [2.45, 2.75) is 53.8 Å².